The van der Waals surface area contributed by atoms with Gasteiger partial charge in [-0.1, -0.05) is 24.3 Å². The Morgan fingerprint density at radius 1 is 1.23 bits per heavy atom. The minimum absolute atomic E-state index is 0.213. The predicted molar refractivity (Wildman–Crippen MR) is 105 cm³/mol. The van der Waals surface area contributed by atoms with E-state index in [0.29, 0.717) is 19.5 Å². The lowest BCUT2D eigenvalue weighted by atomic mass is 10.1. The Morgan fingerprint density at radius 3 is 2.46 bits per heavy atom. The summed E-state index contributed by atoms with van der Waals surface area (Å²) >= 11 is 0. The maximum atomic E-state index is 12.4. The smallest absolute Gasteiger partial charge is 0.223 e. The van der Waals surface area contributed by atoms with Crippen LogP contribution in [0.1, 0.15) is 44.7 Å². The molecule has 0 unspecified atom stereocenters. The van der Waals surface area contributed by atoms with Gasteiger partial charge in [0.2, 0.25) is 5.91 Å². The molecule has 6 nitrogen and oxygen atoms in total. The molecule has 1 aromatic rings. The molecule has 0 saturated heterocycles. The average Bonchev–Trinajstić information content (AvgIpc) is 3.07. The Kier molecular flexibility index (Phi) is 7.45. The summed E-state index contributed by atoms with van der Waals surface area (Å²) in [6, 6.07) is 8.27. The van der Waals surface area contributed by atoms with Crippen LogP contribution in [-0.2, 0) is 22.6 Å². The van der Waals surface area contributed by atoms with E-state index in [1.807, 2.05) is 37.8 Å². The third-order valence-electron chi connectivity index (χ3n) is 4.57. The maximum Gasteiger partial charge on any atom is 0.223 e. The molecule has 0 radical (unpaired) electrons. The van der Waals surface area contributed by atoms with Crippen LogP contribution in [0.4, 0.5) is 0 Å². The van der Waals surface area contributed by atoms with Gasteiger partial charge in [0.15, 0.2) is 5.96 Å². The van der Waals surface area contributed by atoms with Crippen LogP contribution in [0.3, 0.4) is 0 Å². The van der Waals surface area contributed by atoms with Crippen molar-refractivity contribution in [1.29, 1.82) is 0 Å². The number of carbonyl (C=O) groups is 1. The molecule has 0 atom stereocenters. The molecule has 0 saturated carbocycles. The van der Waals surface area contributed by atoms with Gasteiger partial charge in [0, 0.05) is 39.7 Å². The van der Waals surface area contributed by atoms with Crippen LogP contribution in [-0.4, -0.2) is 49.1 Å². The summed E-state index contributed by atoms with van der Waals surface area (Å²) in [6.45, 7) is 9.60. The largest absolute Gasteiger partial charge is 0.377 e. The van der Waals surface area contributed by atoms with Crippen LogP contribution in [0.15, 0.2) is 29.3 Å². The van der Waals surface area contributed by atoms with Gasteiger partial charge in [-0.15, -0.1) is 0 Å². The van der Waals surface area contributed by atoms with Crippen LogP contribution < -0.4 is 10.6 Å². The first-order valence-electron chi connectivity index (χ1n) is 9.37. The molecular formula is C20H32N4O2. The molecule has 1 aliphatic rings. The normalized spacial score (nSPS) is 14.3. The van der Waals surface area contributed by atoms with Crippen molar-refractivity contribution in [2.75, 3.05) is 26.7 Å². The van der Waals surface area contributed by atoms with E-state index in [1.54, 1.807) is 7.11 Å². The molecule has 144 valence electrons. The summed E-state index contributed by atoms with van der Waals surface area (Å²) in [6.07, 6.45) is 1.33. The van der Waals surface area contributed by atoms with Gasteiger partial charge in [-0.05, 0) is 38.3 Å². The van der Waals surface area contributed by atoms with Gasteiger partial charge in [-0.25, -0.2) is 0 Å². The quantitative estimate of drug-likeness (QED) is 0.424. The fourth-order valence-electron chi connectivity index (χ4n) is 2.79. The number of nitrogens with one attached hydrogen (secondary N) is 2. The molecule has 6 heteroatoms. The van der Waals surface area contributed by atoms with E-state index in [4.69, 9.17) is 4.74 Å². The molecule has 0 bridgehead atoms. The molecule has 1 amide bonds. The first-order chi connectivity index (χ1) is 12.4. The maximum absolute atomic E-state index is 12.4. The number of methoxy groups -OCH3 is 1. The molecule has 0 spiro atoms. The lowest BCUT2D eigenvalue weighted by molar-refractivity contribution is -0.131. The molecule has 0 fully saturated rings. The molecular weight excluding hydrogens is 328 g/mol. The van der Waals surface area contributed by atoms with E-state index < -0.39 is 0 Å². The second kappa shape index (κ2) is 9.57. The number of benzene rings is 1. The van der Waals surface area contributed by atoms with Gasteiger partial charge in [-0.2, -0.15) is 0 Å². The lowest BCUT2D eigenvalue weighted by Crippen LogP contribution is -2.39. The lowest BCUT2D eigenvalue weighted by Gasteiger charge is -2.21. The van der Waals surface area contributed by atoms with Gasteiger partial charge in [-0.3, -0.25) is 9.79 Å². The predicted octanol–water partition coefficient (Wildman–Crippen LogP) is 2.29. The highest BCUT2D eigenvalue weighted by atomic mass is 16.5. The number of rotatable bonds is 8. The number of ether oxygens (including phenoxy) is 1. The fraction of sp³-hybridized carbons (Fsp3) is 0.600. The van der Waals surface area contributed by atoms with E-state index in [1.165, 1.54) is 11.1 Å². The van der Waals surface area contributed by atoms with Crippen molar-refractivity contribution >= 4 is 11.9 Å². The molecule has 2 rings (SSSR count). The fourth-order valence-corrected chi connectivity index (χ4v) is 2.79. The Balaban J connectivity index is 1.73. The van der Waals surface area contributed by atoms with E-state index in [0.717, 1.165) is 32.0 Å². The van der Waals surface area contributed by atoms with Crippen molar-refractivity contribution < 1.29 is 9.53 Å². The first kappa shape index (κ1) is 20.2. The first-order valence-corrected chi connectivity index (χ1v) is 9.37. The van der Waals surface area contributed by atoms with Gasteiger partial charge in [0.1, 0.15) is 0 Å². The van der Waals surface area contributed by atoms with Crippen molar-refractivity contribution in [2.45, 2.75) is 52.3 Å². The molecule has 1 heterocycles. The van der Waals surface area contributed by atoms with Crippen LogP contribution in [0, 0.1) is 0 Å². The molecule has 1 aromatic carbocycles. The van der Waals surface area contributed by atoms with E-state index in [-0.39, 0.29) is 11.5 Å². The zero-order valence-corrected chi connectivity index (χ0v) is 16.5. The Bertz CT molecular complexity index is 603. The van der Waals surface area contributed by atoms with Gasteiger partial charge in [0.05, 0.1) is 12.1 Å². The third-order valence-corrected chi connectivity index (χ3v) is 4.57. The van der Waals surface area contributed by atoms with Crippen LogP contribution >= 0.6 is 0 Å². The highest BCUT2D eigenvalue weighted by Crippen LogP contribution is 2.22. The third kappa shape index (κ3) is 6.02. The second-order valence-corrected chi connectivity index (χ2v) is 7.21. The highest BCUT2D eigenvalue weighted by molar-refractivity contribution is 5.80. The number of aliphatic imine (C=N–C) groups is 1. The summed E-state index contributed by atoms with van der Waals surface area (Å²) in [5, 5.41) is 6.52. The number of amides is 1. The van der Waals surface area contributed by atoms with Crippen molar-refractivity contribution in [2.24, 2.45) is 4.99 Å². The van der Waals surface area contributed by atoms with E-state index in [9.17, 15) is 4.79 Å². The van der Waals surface area contributed by atoms with Crippen LogP contribution in [0.5, 0.6) is 0 Å². The van der Waals surface area contributed by atoms with E-state index >= 15 is 0 Å². The van der Waals surface area contributed by atoms with Crippen molar-refractivity contribution in [3.63, 3.8) is 0 Å². The molecule has 1 aliphatic heterocycles. The summed E-state index contributed by atoms with van der Waals surface area (Å²) in [4.78, 5) is 18.9. The summed E-state index contributed by atoms with van der Waals surface area (Å²) in [5.41, 5.74) is 2.24. The summed E-state index contributed by atoms with van der Waals surface area (Å²) < 4.78 is 5.39. The monoisotopic (exact) mass is 360 g/mol. The van der Waals surface area contributed by atoms with E-state index in [2.05, 4.69) is 27.8 Å². The topological polar surface area (TPSA) is 66.0 Å². The zero-order valence-electron chi connectivity index (χ0n) is 16.5. The molecule has 0 aliphatic carbocycles. The minimum Gasteiger partial charge on any atom is -0.377 e. The van der Waals surface area contributed by atoms with Crippen LogP contribution in [0.2, 0.25) is 0 Å². The Labute approximate surface area is 157 Å². The Morgan fingerprint density at radius 2 is 1.88 bits per heavy atom. The summed E-state index contributed by atoms with van der Waals surface area (Å²) in [7, 11) is 1.69. The second-order valence-electron chi connectivity index (χ2n) is 7.21. The Hall–Kier alpha value is -2.08. The van der Waals surface area contributed by atoms with Gasteiger partial charge >= 0.3 is 0 Å². The van der Waals surface area contributed by atoms with Crippen molar-refractivity contribution in [1.82, 2.24) is 15.5 Å². The number of guanidine groups is 1. The zero-order chi connectivity index (χ0) is 19.0. The van der Waals surface area contributed by atoms with Crippen LogP contribution in [0.25, 0.3) is 0 Å². The molecule has 2 N–H and O–H groups in total. The standard InChI is InChI=1S/C20H32N4O2/c1-5-21-19(23-15-20(2,3)26-4)22-12-8-11-18(25)24-13-16-9-6-7-10-17(16)14-24/h6-7,9-10H,5,8,11-15H2,1-4H3,(H2,21,22,23). The number of nitrogens with zero attached hydrogens (tertiary/aromatic N) is 2. The van der Waals surface area contributed by atoms with Gasteiger partial charge in [0.25, 0.3) is 0 Å². The minimum atomic E-state index is -0.289. The average molecular weight is 361 g/mol. The number of hydrogen-bond donors (Lipinski definition) is 2. The number of hydrogen-bond acceptors (Lipinski definition) is 3. The van der Waals surface area contributed by atoms with Crippen molar-refractivity contribution in [3.8, 4) is 0 Å². The number of carbonyl (C=O) groups excluding carboxylic acids is 1. The SMILES string of the molecule is CCNC(=NCC(C)(C)OC)NCCCC(=O)N1Cc2ccccc2C1. The molecule has 0 aromatic heterocycles. The number of fused-ring (bicyclic) bond motifs is 1. The summed E-state index contributed by atoms with van der Waals surface area (Å²) in [5.74, 6) is 0.976. The molecule has 26 heavy (non-hydrogen) atoms. The van der Waals surface area contributed by atoms with Crippen molar-refractivity contribution in [3.05, 3.63) is 35.4 Å². The van der Waals surface area contributed by atoms with Gasteiger partial charge < -0.3 is 20.3 Å². The highest BCUT2D eigenvalue weighted by Gasteiger charge is 2.22.